The van der Waals surface area contributed by atoms with Gasteiger partial charge in [0.1, 0.15) is 6.20 Å². The fraction of sp³-hybridized carbons (Fsp3) is 0.583. The van der Waals surface area contributed by atoms with Crippen LogP contribution < -0.4 is 4.90 Å². The van der Waals surface area contributed by atoms with Gasteiger partial charge in [-0.1, -0.05) is 25.2 Å². The summed E-state index contributed by atoms with van der Waals surface area (Å²) < 4.78 is 1.57. The molecule has 0 unspecified atom stereocenters. The molecule has 1 aliphatic heterocycles. The molecule has 0 amide bonds. The summed E-state index contributed by atoms with van der Waals surface area (Å²) in [7, 11) is 0. The van der Waals surface area contributed by atoms with Crippen molar-refractivity contribution in [3.63, 3.8) is 0 Å². The molecule has 3 heterocycles. The summed E-state index contributed by atoms with van der Waals surface area (Å²) in [6.45, 7) is 6.06. The second-order valence-corrected chi connectivity index (χ2v) is 6.63. The van der Waals surface area contributed by atoms with Crippen LogP contribution in [0.25, 0.3) is 4.96 Å². The van der Waals surface area contributed by atoms with Crippen molar-refractivity contribution in [3.05, 3.63) is 21.7 Å². The Kier molecular flexibility index (Phi) is 2.74. The van der Waals surface area contributed by atoms with Crippen LogP contribution in [0.5, 0.6) is 0 Å². The van der Waals surface area contributed by atoms with Crippen LogP contribution in [0.4, 0.5) is 11.6 Å². The Morgan fingerprint density at radius 3 is 3.00 bits per heavy atom. The number of piperidine rings is 1. The van der Waals surface area contributed by atoms with Crippen LogP contribution in [0.3, 0.4) is 0 Å². The third-order valence-corrected chi connectivity index (χ3v) is 4.35. The first-order valence-electron chi connectivity index (χ1n) is 6.33. The van der Waals surface area contributed by atoms with Gasteiger partial charge in [0.05, 0.1) is 0 Å². The highest BCUT2D eigenvalue weighted by atomic mass is 32.1. The van der Waals surface area contributed by atoms with Crippen molar-refractivity contribution in [2.45, 2.75) is 26.7 Å². The van der Waals surface area contributed by atoms with Gasteiger partial charge in [-0.2, -0.15) is 9.38 Å². The van der Waals surface area contributed by atoms with Gasteiger partial charge in [0.15, 0.2) is 0 Å². The third-order valence-electron chi connectivity index (χ3n) is 3.59. The van der Waals surface area contributed by atoms with E-state index in [1.165, 1.54) is 11.3 Å². The van der Waals surface area contributed by atoms with E-state index in [4.69, 9.17) is 0 Å². The highest BCUT2D eigenvalue weighted by Gasteiger charge is 2.33. The highest BCUT2D eigenvalue weighted by molar-refractivity contribution is 7.15. The van der Waals surface area contributed by atoms with E-state index in [0.717, 1.165) is 25.9 Å². The van der Waals surface area contributed by atoms with Gasteiger partial charge in [0.2, 0.25) is 5.82 Å². The van der Waals surface area contributed by atoms with Gasteiger partial charge < -0.3 is 15.0 Å². The van der Waals surface area contributed by atoms with Crippen molar-refractivity contribution < 1.29 is 4.92 Å². The largest absolute Gasteiger partial charge is 0.373 e. The van der Waals surface area contributed by atoms with Crippen LogP contribution in [-0.4, -0.2) is 27.4 Å². The summed E-state index contributed by atoms with van der Waals surface area (Å²) in [4.78, 5) is 18.2. The fourth-order valence-electron chi connectivity index (χ4n) is 2.75. The third kappa shape index (κ3) is 2.07. The van der Waals surface area contributed by atoms with Gasteiger partial charge in [0, 0.05) is 18.5 Å². The Morgan fingerprint density at radius 1 is 1.53 bits per heavy atom. The molecule has 0 saturated carbocycles. The number of hydrogen-bond acceptors (Lipinski definition) is 5. The SMILES string of the molecule is CC1(C)CCCN(c2nc3sccn3c2[N+](=O)[O-])C1. The molecule has 2 aromatic heterocycles. The van der Waals surface area contributed by atoms with Crippen molar-refractivity contribution in [3.8, 4) is 0 Å². The van der Waals surface area contributed by atoms with E-state index in [1.807, 2.05) is 5.38 Å². The Labute approximate surface area is 114 Å². The molecule has 0 radical (unpaired) electrons. The summed E-state index contributed by atoms with van der Waals surface area (Å²) in [5.41, 5.74) is 0.184. The summed E-state index contributed by atoms with van der Waals surface area (Å²) in [5.74, 6) is 0.610. The fourth-order valence-corrected chi connectivity index (χ4v) is 3.45. The minimum atomic E-state index is -0.330. The second-order valence-electron chi connectivity index (χ2n) is 5.76. The number of thiazole rings is 1. The molecule has 3 rings (SSSR count). The first kappa shape index (κ1) is 12.4. The molecule has 1 aliphatic rings. The zero-order valence-electron chi connectivity index (χ0n) is 11.0. The van der Waals surface area contributed by atoms with E-state index in [-0.39, 0.29) is 16.2 Å². The topological polar surface area (TPSA) is 63.7 Å². The molecule has 0 spiro atoms. The summed E-state index contributed by atoms with van der Waals surface area (Å²) >= 11 is 1.42. The smallest absolute Gasteiger partial charge is 0.358 e. The lowest BCUT2D eigenvalue weighted by Gasteiger charge is -2.37. The molecule has 0 N–H and O–H groups in total. The van der Waals surface area contributed by atoms with Crippen molar-refractivity contribution in [1.29, 1.82) is 0 Å². The van der Waals surface area contributed by atoms with Gasteiger partial charge in [0.25, 0.3) is 4.96 Å². The Hall–Kier alpha value is -1.63. The monoisotopic (exact) mass is 280 g/mol. The maximum absolute atomic E-state index is 11.3. The Bertz CT molecular complexity index is 631. The Balaban J connectivity index is 2.06. The molecule has 1 saturated heterocycles. The van der Waals surface area contributed by atoms with Crippen molar-refractivity contribution >= 4 is 27.9 Å². The zero-order valence-corrected chi connectivity index (χ0v) is 11.8. The average molecular weight is 280 g/mol. The van der Waals surface area contributed by atoms with Crippen LogP contribution in [0, 0.1) is 15.5 Å². The van der Waals surface area contributed by atoms with Crippen molar-refractivity contribution in [1.82, 2.24) is 9.38 Å². The maximum Gasteiger partial charge on any atom is 0.373 e. The number of hydrogen-bond donors (Lipinski definition) is 0. The van der Waals surface area contributed by atoms with Crippen molar-refractivity contribution in [2.75, 3.05) is 18.0 Å². The van der Waals surface area contributed by atoms with E-state index >= 15 is 0 Å². The number of rotatable bonds is 2. The molecule has 2 aromatic rings. The predicted molar refractivity (Wildman–Crippen MR) is 75.0 cm³/mol. The van der Waals surface area contributed by atoms with Crippen LogP contribution >= 0.6 is 11.3 Å². The van der Waals surface area contributed by atoms with Gasteiger partial charge in [-0.25, -0.2) is 0 Å². The molecular formula is C12H16N4O2S. The van der Waals surface area contributed by atoms with Crippen LogP contribution in [0.1, 0.15) is 26.7 Å². The first-order valence-corrected chi connectivity index (χ1v) is 7.21. The average Bonchev–Trinajstić information content (AvgIpc) is 2.85. The number of nitro groups is 1. The minimum absolute atomic E-state index is 0.0916. The normalized spacial score (nSPS) is 18.9. The number of fused-ring (bicyclic) bond motifs is 1. The number of nitrogens with zero attached hydrogens (tertiary/aromatic N) is 4. The lowest BCUT2D eigenvalue weighted by atomic mass is 9.84. The van der Waals surface area contributed by atoms with Crippen LogP contribution in [0.2, 0.25) is 0 Å². The number of imidazole rings is 1. The van der Waals surface area contributed by atoms with E-state index < -0.39 is 0 Å². The molecule has 0 aliphatic carbocycles. The van der Waals surface area contributed by atoms with Gasteiger partial charge in [-0.3, -0.25) is 0 Å². The summed E-state index contributed by atoms with van der Waals surface area (Å²) in [5, 5.41) is 13.1. The second kappa shape index (κ2) is 4.19. The number of anilines is 1. The van der Waals surface area contributed by atoms with Gasteiger partial charge >= 0.3 is 5.82 Å². The molecule has 0 bridgehead atoms. The molecular weight excluding hydrogens is 264 g/mol. The molecule has 102 valence electrons. The van der Waals surface area contributed by atoms with Crippen LogP contribution in [-0.2, 0) is 0 Å². The first-order chi connectivity index (χ1) is 8.98. The molecule has 19 heavy (non-hydrogen) atoms. The molecule has 6 nitrogen and oxygen atoms in total. The molecule has 0 atom stereocenters. The zero-order chi connectivity index (χ0) is 13.6. The van der Waals surface area contributed by atoms with Crippen molar-refractivity contribution in [2.24, 2.45) is 5.41 Å². The lowest BCUT2D eigenvalue weighted by molar-refractivity contribution is -0.389. The molecule has 0 aromatic carbocycles. The molecule has 7 heteroatoms. The van der Waals surface area contributed by atoms with E-state index in [2.05, 4.69) is 23.7 Å². The lowest BCUT2D eigenvalue weighted by Crippen LogP contribution is -2.40. The predicted octanol–water partition coefficient (Wildman–Crippen LogP) is 2.93. The van der Waals surface area contributed by atoms with Gasteiger partial charge in [-0.15, -0.1) is 0 Å². The van der Waals surface area contributed by atoms with E-state index in [0.29, 0.717) is 10.8 Å². The maximum atomic E-state index is 11.3. The quantitative estimate of drug-likeness (QED) is 0.626. The van der Waals surface area contributed by atoms with E-state index in [1.54, 1.807) is 10.6 Å². The number of aromatic nitrogens is 2. The van der Waals surface area contributed by atoms with E-state index in [9.17, 15) is 10.1 Å². The highest BCUT2D eigenvalue weighted by Crippen LogP contribution is 2.36. The summed E-state index contributed by atoms with van der Waals surface area (Å²) in [6.07, 6.45) is 3.92. The Morgan fingerprint density at radius 2 is 2.32 bits per heavy atom. The standard InChI is InChI=1S/C12H16N4O2S/c1-12(2)4-3-5-14(8-12)9-10(16(17)18)15-6-7-19-11(15)13-9/h6-7H,3-5,8H2,1-2H3. The molecule has 1 fully saturated rings. The summed E-state index contributed by atoms with van der Waals surface area (Å²) in [6, 6.07) is 0. The minimum Gasteiger partial charge on any atom is -0.358 e. The van der Waals surface area contributed by atoms with Crippen LogP contribution in [0.15, 0.2) is 11.6 Å². The van der Waals surface area contributed by atoms with Gasteiger partial charge in [-0.05, 0) is 23.2 Å².